The number of nitro benzene ring substituents is 1. The molecule has 29 heavy (non-hydrogen) atoms. The van der Waals surface area contributed by atoms with Gasteiger partial charge in [-0.1, -0.05) is 23.2 Å². The van der Waals surface area contributed by atoms with Gasteiger partial charge in [-0.2, -0.15) is 5.10 Å². The smallest absolute Gasteiger partial charge is 0.270 e. The molecule has 0 aliphatic carbocycles. The van der Waals surface area contributed by atoms with Crippen LogP contribution in [0.2, 0.25) is 10.0 Å². The van der Waals surface area contributed by atoms with Crippen LogP contribution in [0.3, 0.4) is 0 Å². The van der Waals surface area contributed by atoms with Crippen molar-refractivity contribution in [2.75, 3.05) is 5.75 Å². The first-order valence-corrected chi connectivity index (χ1v) is 9.91. The fraction of sp³-hybridized carbons (Fsp3) is 0.0526. The first kappa shape index (κ1) is 20.9. The number of hydrogen-bond donors (Lipinski definition) is 1. The fourth-order valence-corrected chi connectivity index (χ4v) is 3.29. The number of non-ortho nitro benzene ring substituents is 1. The molecule has 1 amide bonds. The molecule has 7 nitrogen and oxygen atoms in total. The monoisotopic (exact) mass is 449 g/mol. The van der Waals surface area contributed by atoms with Crippen molar-refractivity contribution >= 4 is 52.8 Å². The normalized spacial score (nSPS) is 11.0. The summed E-state index contributed by atoms with van der Waals surface area (Å²) >= 11 is 13.3. The molecule has 3 rings (SSSR count). The van der Waals surface area contributed by atoms with E-state index in [4.69, 9.17) is 27.6 Å². The second-order valence-electron chi connectivity index (χ2n) is 5.66. The molecule has 0 radical (unpaired) electrons. The minimum Gasteiger partial charge on any atom is -0.455 e. The Morgan fingerprint density at radius 3 is 2.66 bits per heavy atom. The van der Waals surface area contributed by atoms with E-state index < -0.39 is 4.92 Å². The number of rotatable bonds is 7. The molecule has 10 heteroatoms. The van der Waals surface area contributed by atoms with Gasteiger partial charge in [0.1, 0.15) is 11.5 Å². The summed E-state index contributed by atoms with van der Waals surface area (Å²) < 4.78 is 5.58. The van der Waals surface area contributed by atoms with Gasteiger partial charge in [-0.3, -0.25) is 14.9 Å². The van der Waals surface area contributed by atoms with Gasteiger partial charge in [-0.05, 0) is 42.5 Å². The number of nitro groups is 1. The third kappa shape index (κ3) is 5.83. The van der Waals surface area contributed by atoms with Gasteiger partial charge in [-0.15, -0.1) is 11.8 Å². The number of hydrazone groups is 1. The fourth-order valence-electron chi connectivity index (χ4n) is 2.26. The molecule has 1 aromatic heterocycles. The van der Waals surface area contributed by atoms with E-state index in [9.17, 15) is 14.9 Å². The summed E-state index contributed by atoms with van der Waals surface area (Å²) in [6, 6.07) is 14.5. The number of hydrogen-bond acceptors (Lipinski definition) is 6. The zero-order valence-corrected chi connectivity index (χ0v) is 17.0. The molecule has 1 heterocycles. The number of nitrogens with zero attached hydrogens (tertiary/aromatic N) is 2. The van der Waals surface area contributed by atoms with Crippen molar-refractivity contribution in [2.45, 2.75) is 4.90 Å². The molecule has 0 fully saturated rings. The molecule has 0 aliphatic rings. The maximum absolute atomic E-state index is 11.9. The van der Waals surface area contributed by atoms with Gasteiger partial charge in [0.05, 0.1) is 21.9 Å². The van der Waals surface area contributed by atoms with E-state index in [0.717, 1.165) is 4.90 Å². The Kier molecular flexibility index (Phi) is 6.92. The van der Waals surface area contributed by atoms with Crippen molar-refractivity contribution in [1.82, 2.24) is 5.43 Å². The van der Waals surface area contributed by atoms with Crippen LogP contribution in [-0.2, 0) is 4.79 Å². The number of nitrogens with one attached hydrogen (secondary N) is 1. The number of thioether (sulfide) groups is 1. The van der Waals surface area contributed by atoms with Crippen LogP contribution in [0.5, 0.6) is 0 Å². The number of carbonyl (C=O) groups excluding carboxylic acids is 1. The van der Waals surface area contributed by atoms with Crippen LogP contribution < -0.4 is 5.43 Å². The van der Waals surface area contributed by atoms with E-state index in [0.29, 0.717) is 27.1 Å². The Labute approximate surface area is 179 Å². The Hall–Kier alpha value is -2.81. The molecule has 2 aromatic carbocycles. The van der Waals surface area contributed by atoms with Crippen molar-refractivity contribution in [3.63, 3.8) is 0 Å². The Balaban J connectivity index is 1.58. The van der Waals surface area contributed by atoms with Crippen molar-refractivity contribution in [2.24, 2.45) is 5.10 Å². The van der Waals surface area contributed by atoms with Gasteiger partial charge in [0.15, 0.2) is 0 Å². The van der Waals surface area contributed by atoms with Crippen molar-refractivity contribution in [3.8, 4) is 11.3 Å². The predicted octanol–water partition coefficient (Wildman–Crippen LogP) is 5.40. The maximum atomic E-state index is 11.9. The Morgan fingerprint density at radius 2 is 1.93 bits per heavy atom. The van der Waals surface area contributed by atoms with Crippen LogP contribution in [0.25, 0.3) is 11.3 Å². The van der Waals surface area contributed by atoms with E-state index in [-0.39, 0.29) is 17.3 Å². The van der Waals surface area contributed by atoms with Gasteiger partial charge < -0.3 is 4.42 Å². The van der Waals surface area contributed by atoms with Gasteiger partial charge in [-0.25, -0.2) is 5.43 Å². The van der Waals surface area contributed by atoms with Crippen LogP contribution in [0, 0.1) is 10.1 Å². The highest BCUT2D eigenvalue weighted by Gasteiger charge is 2.14. The van der Waals surface area contributed by atoms with E-state index >= 15 is 0 Å². The molecule has 0 atom stereocenters. The topological polar surface area (TPSA) is 97.7 Å². The summed E-state index contributed by atoms with van der Waals surface area (Å²) in [5, 5.41) is 15.7. The number of furan rings is 1. The standard InChI is InChI=1S/C19H13Cl2N3O4S/c20-12-1-5-15(6-2-12)29-11-19(25)23-22-10-14-4-8-18(28-14)16-9-13(24(26)27)3-7-17(16)21/h1-10H,11H2,(H,23,25)/b22-10-. The summed E-state index contributed by atoms with van der Waals surface area (Å²) in [6.07, 6.45) is 1.33. The highest BCUT2D eigenvalue weighted by atomic mass is 35.5. The second kappa shape index (κ2) is 9.60. The first-order chi connectivity index (χ1) is 13.9. The lowest BCUT2D eigenvalue weighted by atomic mass is 10.1. The zero-order chi connectivity index (χ0) is 20.8. The Bertz CT molecular complexity index is 1070. The van der Waals surface area contributed by atoms with Crippen molar-refractivity contribution in [3.05, 3.63) is 80.5 Å². The molecule has 0 saturated carbocycles. The van der Waals surface area contributed by atoms with E-state index in [1.807, 2.05) is 12.1 Å². The number of amides is 1. The van der Waals surface area contributed by atoms with Crippen LogP contribution in [0.1, 0.15) is 5.76 Å². The van der Waals surface area contributed by atoms with Gasteiger partial charge in [0, 0.05) is 27.6 Å². The summed E-state index contributed by atoms with van der Waals surface area (Å²) in [4.78, 5) is 23.2. The first-order valence-electron chi connectivity index (χ1n) is 8.17. The third-order valence-corrected chi connectivity index (χ3v) is 5.21. The molecule has 148 valence electrons. The van der Waals surface area contributed by atoms with Crippen molar-refractivity contribution < 1.29 is 14.1 Å². The average molecular weight is 450 g/mol. The molecule has 0 aliphatic heterocycles. The van der Waals surface area contributed by atoms with E-state index in [1.165, 1.54) is 36.2 Å². The SMILES string of the molecule is O=C(CSc1ccc(Cl)cc1)N/N=C\c1ccc(-c2cc([N+](=O)[O-])ccc2Cl)o1. The van der Waals surface area contributed by atoms with E-state index in [2.05, 4.69) is 10.5 Å². The molecular weight excluding hydrogens is 437 g/mol. The average Bonchev–Trinajstić information content (AvgIpc) is 3.16. The summed E-state index contributed by atoms with van der Waals surface area (Å²) in [7, 11) is 0. The number of benzene rings is 2. The summed E-state index contributed by atoms with van der Waals surface area (Å²) in [5.74, 6) is 0.610. The quantitative estimate of drug-likeness (QED) is 0.225. The molecule has 0 bridgehead atoms. The number of carbonyl (C=O) groups is 1. The lowest BCUT2D eigenvalue weighted by Gasteiger charge is -2.01. The second-order valence-corrected chi connectivity index (χ2v) is 7.55. The molecule has 1 N–H and O–H groups in total. The molecule has 0 saturated heterocycles. The molecule has 0 unspecified atom stereocenters. The largest absolute Gasteiger partial charge is 0.455 e. The lowest BCUT2D eigenvalue weighted by Crippen LogP contribution is -2.19. The van der Waals surface area contributed by atoms with Gasteiger partial charge in [0.2, 0.25) is 5.91 Å². The highest BCUT2D eigenvalue weighted by molar-refractivity contribution is 8.00. The Morgan fingerprint density at radius 1 is 1.17 bits per heavy atom. The van der Waals surface area contributed by atoms with Crippen molar-refractivity contribution in [1.29, 1.82) is 0 Å². The summed E-state index contributed by atoms with van der Waals surface area (Å²) in [5.41, 5.74) is 2.70. The molecule has 0 spiro atoms. The highest BCUT2D eigenvalue weighted by Crippen LogP contribution is 2.32. The lowest BCUT2D eigenvalue weighted by molar-refractivity contribution is -0.384. The van der Waals surface area contributed by atoms with Gasteiger partial charge in [0.25, 0.3) is 5.69 Å². The van der Waals surface area contributed by atoms with Crippen LogP contribution in [-0.4, -0.2) is 22.8 Å². The van der Waals surface area contributed by atoms with Gasteiger partial charge >= 0.3 is 0 Å². The maximum Gasteiger partial charge on any atom is 0.270 e. The van der Waals surface area contributed by atoms with Crippen LogP contribution >= 0.6 is 35.0 Å². The van der Waals surface area contributed by atoms with Crippen LogP contribution in [0.15, 0.2) is 69.0 Å². The van der Waals surface area contributed by atoms with Crippen LogP contribution in [0.4, 0.5) is 5.69 Å². The summed E-state index contributed by atoms with van der Waals surface area (Å²) in [6.45, 7) is 0. The van der Waals surface area contributed by atoms with E-state index in [1.54, 1.807) is 24.3 Å². The predicted molar refractivity (Wildman–Crippen MR) is 114 cm³/mol. The number of halogens is 2. The molecular formula is C19H13Cl2N3O4S. The minimum atomic E-state index is -0.511. The third-order valence-electron chi connectivity index (χ3n) is 3.62. The zero-order valence-electron chi connectivity index (χ0n) is 14.7. The minimum absolute atomic E-state index is 0.0959. The molecule has 3 aromatic rings.